The van der Waals surface area contributed by atoms with Crippen molar-refractivity contribution >= 4 is 40.4 Å². The van der Waals surface area contributed by atoms with Gasteiger partial charge >= 0.3 is 0 Å². The number of carbonyl (C=O) groups excluding carboxylic acids is 1. The van der Waals surface area contributed by atoms with Gasteiger partial charge in [-0.1, -0.05) is 29.3 Å². The van der Waals surface area contributed by atoms with Crippen molar-refractivity contribution in [3.8, 4) is 0 Å². The molecule has 24 heavy (non-hydrogen) atoms. The van der Waals surface area contributed by atoms with E-state index in [0.717, 1.165) is 5.56 Å². The first-order valence-electron chi connectivity index (χ1n) is 7.05. The molecule has 3 rings (SSSR count). The van der Waals surface area contributed by atoms with Crippen LogP contribution in [0.2, 0.25) is 10.0 Å². The lowest BCUT2D eigenvalue weighted by molar-refractivity contribution is -0.121. The molecule has 2 aromatic heterocycles. The fourth-order valence-corrected chi connectivity index (χ4v) is 3.26. The largest absolute Gasteiger partial charge is 0.319 e. The molecule has 1 unspecified atom stereocenters. The average molecular weight is 382 g/mol. The molecule has 0 spiro atoms. The molecule has 2 heterocycles. The average Bonchev–Trinajstić information content (AvgIpc) is 3.21. The Kier molecular flexibility index (Phi) is 5.13. The Balaban J connectivity index is 1.86. The van der Waals surface area contributed by atoms with E-state index in [0.29, 0.717) is 21.4 Å². The predicted molar refractivity (Wildman–Crippen MR) is 93.2 cm³/mol. The van der Waals surface area contributed by atoms with E-state index >= 15 is 0 Å². The molecule has 0 aliphatic carbocycles. The zero-order valence-corrected chi connectivity index (χ0v) is 15.0. The summed E-state index contributed by atoms with van der Waals surface area (Å²) in [5.74, 6) is -0.293. The Bertz CT molecular complexity index is 916. The van der Waals surface area contributed by atoms with Crippen molar-refractivity contribution in [3.63, 3.8) is 0 Å². The van der Waals surface area contributed by atoms with Gasteiger partial charge in [-0.3, -0.25) is 4.79 Å². The van der Waals surface area contributed by atoms with E-state index in [1.54, 1.807) is 19.1 Å². The maximum Gasteiger partial charge on any atom is 0.272 e. The SMILES string of the molecule is CC(C(=O)N=c1sccn1Cc1ccc(Cl)cc1Cl)n1cncn1. The van der Waals surface area contributed by atoms with E-state index in [2.05, 4.69) is 15.1 Å². The summed E-state index contributed by atoms with van der Waals surface area (Å²) in [4.78, 5) is 21.0. The Morgan fingerprint density at radius 1 is 1.42 bits per heavy atom. The predicted octanol–water partition coefficient (Wildman–Crippen LogP) is 3.18. The molecular weight excluding hydrogens is 369 g/mol. The first-order chi connectivity index (χ1) is 11.5. The summed E-state index contributed by atoms with van der Waals surface area (Å²) in [6.07, 6.45) is 4.74. The number of nitrogens with zero attached hydrogens (tertiary/aromatic N) is 5. The van der Waals surface area contributed by atoms with Crippen LogP contribution < -0.4 is 4.80 Å². The molecule has 0 saturated heterocycles. The zero-order valence-electron chi connectivity index (χ0n) is 12.6. The van der Waals surface area contributed by atoms with Crippen LogP contribution in [0.1, 0.15) is 18.5 Å². The van der Waals surface area contributed by atoms with Crippen LogP contribution in [0, 0.1) is 0 Å². The second kappa shape index (κ2) is 7.29. The number of hydrogen-bond acceptors (Lipinski definition) is 4. The van der Waals surface area contributed by atoms with Crippen LogP contribution in [0.25, 0.3) is 0 Å². The molecule has 0 bridgehead atoms. The third-order valence-electron chi connectivity index (χ3n) is 3.41. The number of amides is 1. The maximum absolute atomic E-state index is 12.3. The summed E-state index contributed by atoms with van der Waals surface area (Å²) in [6, 6.07) is 4.82. The molecule has 0 fully saturated rings. The number of aromatic nitrogens is 4. The second-order valence-electron chi connectivity index (χ2n) is 5.05. The lowest BCUT2D eigenvalue weighted by Crippen LogP contribution is -2.21. The molecule has 0 aliphatic rings. The van der Waals surface area contributed by atoms with Crippen LogP contribution in [0.4, 0.5) is 0 Å². The number of carbonyl (C=O) groups is 1. The number of rotatable bonds is 4. The molecule has 9 heteroatoms. The molecule has 3 aromatic rings. The van der Waals surface area contributed by atoms with Crippen LogP contribution in [0.3, 0.4) is 0 Å². The van der Waals surface area contributed by atoms with Crippen molar-refractivity contribution in [2.45, 2.75) is 19.5 Å². The lowest BCUT2D eigenvalue weighted by Gasteiger charge is -2.08. The van der Waals surface area contributed by atoms with Crippen molar-refractivity contribution in [1.82, 2.24) is 19.3 Å². The fourth-order valence-electron chi connectivity index (χ4n) is 2.06. The van der Waals surface area contributed by atoms with Gasteiger partial charge in [0.25, 0.3) is 5.91 Å². The van der Waals surface area contributed by atoms with Crippen LogP contribution >= 0.6 is 34.5 Å². The van der Waals surface area contributed by atoms with Crippen molar-refractivity contribution in [2.24, 2.45) is 4.99 Å². The van der Waals surface area contributed by atoms with E-state index in [1.807, 2.05) is 22.2 Å². The second-order valence-corrected chi connectivity index (χ2v) is 6.77. The van der Waals surface area contributed by atoms with Crippen LogP contribution in [0.15, 0.2) is 47.4 Å². The van der Waals surface area contributed by atoms with Crippen LogP contribution in [0.5, 0.6) is 0 Å². The minimum atomic E-state index is -0.512. The Hall–Kier alpha value is -1.96. The van der Waals surface area contributed by atoms with Gasteiger partial charge in [0.15, 0.2) is 4.80 Å². The number of thiazole rings is 1. The Morgan fingerprint density at radius 2 is 2.25 bits per heavy atom. The third kappa shape index (κ3) is 3.75. The summed E-state index contributed by atoms with van der Waals surface area (Å²) in [6.45, 7) is 2.23. The minimum absolute atomic E-state index is 0.293. The molecule has 1 atom stereocenters. The fraction of sp³-hybridized carbons (Fsp3) is 0.200. The highest BCUT2D eigenvalue weighted by atomic mass is 35.5. The highest BCUT2D eigenvalue weighted by molar-refractivity contribution is 7.07. The molecule has 124 valence electrons. The summed E-state index contributed by atoms with van der Waals surface area (Å²) < 4.78 is 3.34. The molecule has 1 aromatic carbocycles. The molecule has 1 amide bonds. The van der Waals surface area contributed by atoms with Crippen LogP contribution in [-0.4, -0.2) is 25.2 Å². The maximum atomic E-state index is 12.3. The van der Waals surface area contributed by atoms with Gasteiger partial charge in [0.05, 0.1) is 6.54 Å². The van der Waals surface area contributed by atoms with E-state index < -0.39 is 6.04 Å². The molecule has 0 N–H and O–H groups in total. The first kappa shape index (κ1) is 16.9. The van der Waals surface area contributed by atoms with Gasteiger partial charge in [-0.05, 0) is 24.6 Å². The Morgan fingerprint density at radius 3 is 2.96 bits per heavy atom. The van der Waals surface area contributed by atoms with Gasteiger partial charge in [-0.25, -0.2) is 9.67 Å². The topological polar surface area (TPSA) is 65.1 Å². The molecule has 0 radical (unpaired) electrons. The van der Waals surface area contributed by atoms with Crippen molar-refractivity contribution in [1.29, 1.82) is 0 Å². The van der Waals surface area contributed by atoms with E-state index in [9.17, 15) is 4.79 Å². The standard InChI is InChI=1S/C15H13Cl2N5OS/c1-10(22-9-18-8-19-22)14(23)20-15-21(4-5-24-15)7-11-2-3-12(16)6-13(11)17/h2-6,8-10H,7H2,1H3. The molecular formula is C15H13Cl2N5OS. The van der Waals surface area contributed by atoms with E-state index in [-0.39, 0.29) is 5.91 Å². The summed E-state index contributed by atoms with van der Waals surface area (Å²) >= 11 is 13.5. The summed E-state index contributed by atoms with van der Waals surface area (Å²) in [5.41, 5.74) is 0.901. The van der Waals surface area contributed by atoms with Gasteiger partial charge < -0.3 is 4.57 Å². The van der Waals surface area contributed by atoms with Crippen LogP contribution in [-0.2, 0) is 11.3 Å². The Labute approximate surface area is 152 Å². The highest BCUT2D eigenvalue weighted by Crippen LogP contribution is 2.21. The summed E-state index contributed by atoms with van der Waals surface area (Å²) in [7, 11) is 0. The smallest absolute Gasteiger partial charge is 0.272 e. The quantitative estimate of drug-likeness (QED) is 0.696. The van der Waals surface area contributed by atoms with Crippen molar-refractivity contribution < 1.29 is 4.79 Å². The molecule has 6 nitrogen and oxygen atoms in total. The zero-order chi connectivity index (χ0) is 17.1. The van der Waals surface area contributed by atoms with Gasteiger partial charge in [0.1, 0.15) is 18.7 Å². The van der Waals surface area contributed by atoms with Gasteiger partial charge in [0, 0.05) is 21.6 Å². The monoisotopic (exact) mass is 381 g/mol. The number of hydrogen-bond donors (Lipinski definition) is 0. The number of benzene rings is 1. The normalized spacial score (nSPS) is 13.2. The highest BCUT2D eigenvalue weighted by Gasteiger charge is 2.15. The minimum Gasteiger partial charge on any atom is -0.319 e. The lowest BCUT2D eigenvalue weighted by atomic mass is 10.2. The van der Waals surface area contributed by atoms with Gasteiger partial charge in [0.2, 0.25) is 0 Å². The van der Waals surface area contributed by atoms with Gasteiger partial charge in [-0.2, -0.15) is 10.1 Å². The van der Waals surface area contributed by atoms with E-state index in [4.69, 9.17) is 23.2 Å². The molecule has 0 aliphatic heterocycles. The first-order valence-corrected chi connectivity index (χ1v) is 8.68. The van der Waals surface area contributed by atoms with Gasteiger partial charge in [-0.15, -0.1) is 11.3 Å². The van der Waals surface area contributed by atoms with Crippen molar-refractivity contribution in [2.75, 3.05) is 0 Å². The van der Waals surface area contributed by atoms with E-state index in [1.165, 1.54) is 28.7 Å². The van der Waals surface area contributed by atoms with Crippen molar-refractivity contribution in [3.05, 3.63) is 62.8 Å². The summed E-state index contributed by atoms with van der Waals surface area (Å²) in [5, 5.41) is 7.00. The molecule has 0 saturated carbocycles. The third-order valence-corrected chi connectivity index (χ3v) is 4.79. The number of halogens is 2.